The summed E-state index contributed by atoms with van der Waals surface area (Å²) >= 11 is 1.17. The van der Waals surface area contributed by atoms with Gasteiger partial charge in [0.25, 0.3) is 5.91 Å². The number of anilines is 1. The molecule has 1 amide bonds. The average Bonchev–Trinajstić information content (AvgIpc) is 2.94. The summed E-state index contributed by atoms with van der Waals surface area (Å²) in [5.41, 5.74) is 1.05. The molecule has 0 bridgehead atoms. The van der Waals surface area contributed by atoms with Gasteiger partial charge in [-0.25, -0.2) is 4.79 Å². The van der Waals surface area contributed by atoms with Crippen LogP contribution in [-0.2, 0) is 4.74 Å². The van der Waals surface area contributed by atoms with Crippen molar-refractivity contribution in [2.24, 2.45) is 0 Å². The van der Waals surface area contributed by atoms with Crippen molar-refractivity contribution in [1.82, 2.24) is 0 Å². The molecule has 0 aliphatic rings. The third kappa shape index (κ3) is 3.68. The molecule has 6 nitrogen and oxygen atoms in total. The highest BCUT2D eigenvalue weighted by Gasteiger charge is 2.21. The topological polar surface area (TPSA) is 73.9 Å². The summed E-state index contributed by atoms with van der Waals surface area (Å²) in [5.74, 6) is 0.0489. The predicted octanol–water partition coefficient (Wildman–Crippen LogP) is 3.50. The number of aryl methyl sites for hydroxylation is 1. The van der Waals surface area contributed by atoms with Crippen LogP contribution in [0.5, 0.6) is 11.5 Å². The minimum absolute atomic E-state index is 0.297. The summed E-state index contributed by atoms with van der Waals surface area (Å²) < 4.78 is 15.5. The van der Waals surface area contributed by atoms with Crippen molar-refractivity contribution in [3.8, 4) is 11.5 Å². The van der Waals surface area contributed by atoms with Crippen molar-refractivity contribution in [2.45, 2.75) is 13.8 Å². The van der Waals surface area contributed by atoms with Gasteiger partial charge in [0, 0.05) is 0 Å². The van der Waals surface area contributed by atoms with E-state index in [1.807, 2.05) is 0 Å². The molecule has 2 rings (SSSR count). The number of hydrogen-bond acceptors (Lipinski definition) is 6. The van der Waals surface area contributed by atoms with Gasteiger partial charge in [-0.3, -0.25) is 4.79 Å². The van der Waals surface area contributed by atoms with Crippen LogP contribution in [-0.4, -0.2) is 32.7 Å². The van der Waals surface area contributed by atoms with Crippen molar-refractivity contribution in [1.29, 1.82) is 0 Å². The molecule has 1 heterocycles. The predicted molar refractivity (Wildman–Crippen MR) is 92.5 cm³/mol. The molecule has 0 aliphatic carbocycles. The van der Waals surface area contributed by atoms with Gasteiger partial charge in [-0.2, -0.15) is 0 Å². The molecular weight excluding hydrogens is 330 g/mol. The van der Waals surface area contributed by atoms with Crippen LogP contribution >= 0.6 is 11.3 Å². The summed E-state index contributed by atoms with van der Waals surface area (Å²) in [6.45, 7) is 3.84. The fraction of sp³-hybridized carbons (Fsp3) is 0.294. The van der Waals surface area contributed by atoms with Gasteiger partial charge < -0.3 is 19.5 Å². The van der Waals surface area contributed by atoms with Crippen molar-refractivity contribution in [3.05, 3.63) is 40.3 Å². The Labute approximate surface area is 144 Å². The van der Waals surface area contributed by atoms with Crippen LogP contribution in [0.1, 0.15) is 32.5 Å². The van der Waals surface area contributed by atoms with Crippen molar-refractivity contribution in [2.75, 3.05) is 26.1 Å². The largest absolute Gasteiger partial charge is 0.496 e. The maximum absolute atomic E-state index is 12.6. The highest BCUT2D eigenvalue weighted by atomic mass is 32.1. The molecule has 0 aliphatic heterocycles. The first kappa shape index (κ1) is 17.8. The number of esters is 1. The van der Waals surface area contributed by atoms with E-state index in [9.17, 15) is 9.59 Å². The molecular formula is C17H19NO5S. The van der Waals surface area contributed by atoms with Crippen LogP contribution in [0.15, 0.2) is 24.3 Å². The van der Waals surface area contributed by atoms with Crippen LogP contribution in [0.3, 0.4) is 0 Å². The lowest BCUT2D eigenvalue weighted by molar-refractivity contribution is 0.0531. The number of thiophene rings is 1. The van der Waals surface area contributed by atoms with E-state index in [1.54, 1.807) is 38.1 Å². The number of rotatable bonds is 6. The van der Waals surface area contributed by atoms with Crippen LogP contribution in [0.4, 0.5) is 5.00 Å². The van der Waals surface area contributed by atoms with E-state index in [2.05, 4.69) is 5.32 Å². The Bertz CT molecular complexity index is 731. The van der Waals surface area contributed by atoms with Gasteiger partial charge in [0.15, 0.2) is 0 Å². The van der Waals surface area contributed by atoms with Gasteiger partial charge in [0.2, 0.25) is 0 Å². The quantitative estimate of drug-likeness (QED) is 0.808. The lowest BCUT2D eigenvalue weighted by atomic mass is 10.1. The molecule has 1 N–H and O–H groups in total. The van der Waals surface area contributed by atoms with Gasteiger partial charge in [-0.1, -0.05) is 6.07 Å². The fourth-order valence-corrected chi connectivity index (χ4v) is 3.15. The number of carbonyl (C=O) groups is 2. The Morgan fingerprint density at radius 2 is 1.79 bits per heavy atom. The summed E-state index contributed by atoms with van der Waals surface area (Å²) in [5, 5.41) is 3.33. The summed E-state index contributed by atoms with van der Waals surface area (Å²) in [4.78, 5) is 25.0. The molecule has 0 fully saturated rings. The molecule has 0 saturated heterocycles. The summed E-state index contributed by atoms with van der Waals surface area (Å²) in [7, 11) is 2.97. The highest BCUT2D eigenvalue weighted by Crippen LogP contribution is 2.32. The van der Waals surface area contributed by atoms with Crippen LogP contribution < -0.4 is 14.8 Å². The van der Waals surface area contributed by atoms with E-state index in [1.165, 1.54) is 25.6 Å². The zero-order valence-electron chi connectivity index (χ0n) is 14.0. The lowest BCUT2D eigenvalue weighted by Gasteiger charge is -2.12. The van der Waals surface area contributed by atoms with E-state index in [0.29, 0.717) is 33.5 Å². The maximum atomic E-state index is 12.6. The zero-order chi connectivity index (χ0) is 17.7. The maximum Gasteiger partial charge on any atom is 0.348 e. The number of nitrogens with one attached hydrogen (secondary N) is 1. The number of methoxy groups -OCH3 is 2. The normalized spacial score (nSPS) is 10.2. The van der Waals surface area contributed by atoms with E-state index in [0.717, 1.165) is 5.56 Å². The van der Waals surface area contributed by atoms with Gasteiger partial charge in [-0.05, 0) is 37.6 Å². The standard InChI is InChI=1S/C17H19NO5S/c1-5-23-17(20)15-10(2)9-13(24-15)18-16(19)14-11(21-3)7-6-8-12(14)22-4/h6-9H,5H2,1-4H3,(H,18,19). The van der Waals surface area contributed by atoms with Gasteiger partial charge in [0.05, 0.1) is 25.8 Å². The number of hydrogen-bond donors (Lipinski definition) is 1. The Morgan fingerprint density at radius 3 is 2.33 bits per heavy atom. The van der Waals surface area contributed by atoms with Gasteiger partial charge in [-0.15, -0.1) is 11.3 Å². The molecule has 24 heavy (non-hydrogen) atoms. The second-order valence-corrected chi connectivity index (χ2v) is 5.89. The first-order chi connectivity index (χ1) is 11.5. The molecule has 0 saturated carbocycles. The second kappa shape index (κ2) is 7.83. The molecule has 2 aromatic rings. The molecule has 0 atom stereocenters. The Hall–Kier alpha value is -2.54. The highest BCUT2D eigenvalue weighted by molar-refractivity contribution is 7.18. The Kier molecular flexibility index (Phi) is 5.81. The smallest absolute Gasteiger partial charge is 0.348 e. The SMILES string of the molecule is CCOC(=O)c1sc(NC(=O)c2c(OC)cccc2OC)cc1C. The molecule has 1 aromatic heterocycles. The Balaban J connectivity index is 2.28. The second-order valence-electron chi connectivity index (χ2n) is 4.83. The van der Waals surface area contributed by atoms with Crippen molar-refractivity contribution < 1.29 is 23.8 Å². The number of amides is 1. The first-order valence-corrected chi connectivity index (χ1v) is 8.13. The van der Waals surface area contributed by atoms with E-state index in [-0.39, 0.29) is 5.91 Å². The van der Waals surface area contributed by atoms with E-state index >= 15 is 0 Å². The molecule has 7 heteroatoms. The molecule has 1 aromatic carbocycles. The van der Waals surface area contributed by atoms with E-state index < -0.39 is 5.97 Å². The lowest BCUT2D eigenvalue weighted by Crippen LogP contribution is -2.13. The molecule has 0 spiro atoms. The first-order valence-electron chi connectivity index (χ1n) is 7.31. The molecule has 0 radical (unpaired) electrons. The van der Waals surface area contributed by atoms with Gasteiger partial charge >= 0.3 is 5.97 Å². The van der Waals surface area contributed by atoms with Crippen molar-refractivity contribution in [3.63, 3.8) is 0 Å². The Morgan fingerprint density at radius 1 is 1.17 bits per heavy atom. The summed E-state index contributed by atoms with van der Waals surface area (Å²) in [6.07, 6.45) is 0. The van der Waals surface area contributed by atoms with Crippen molar-refractivity contribution >= 4 is 28.2 Å². The van der Waals surface area contributed by atoms with Gasteiger partial charge in [0.1, 0.15) is 21.9 Å². The number of ether oxygens (including phenoxy) is 3. The van der Waals surface area contributed by atoms with Crippen LogP contribution in [0.25, 0.3) is 0 Å². The fourth-order valence-electron chi connectivity index (χ4n) is 2.19. The molecule has 0 unspecified atom stereocenters. The summed E-state index contributed by atoms with van der Waals surface area (Å²) in [6, 6.07) is 6.83. The van der Waals surface area contributed by atoms with E-state index in [4.69, 9.17) is 14.2 Å². The third-order valence-electron chi connectivity index (χ3n) is 3.27. The minimum atomic E-state index is -0.393. The van der Waals surface area contributed by atoms with Crippen LogP contribution in [0, 0.1) is 6.92 Å². The number of carbonyl (C=O) groups excluding carboxylic acids is 2. The number of benzene rings is 1. The zero-order valence-corrected chi connectivity index (χ0v) is 14.8. The minimum Gasteiger partial charge on any atom is -0.496 e. The average molecular weight is 349 g/mol. The van der Waals surface area contributed by atoms with Crippen LogP contribution in [0.2, 0.25) is 0 Å². The molecule has 128 valence electrons. The monoisotopic (exact) mass is 349 g/mol. The third-order valence-corrected chi connectivity index (χ3v) is 4.40.